The quantitative estimate of drug-likeness (QED) is 0.787. The van der Waals surface area contributed by atoms with E-state index in [-0.39, 0.29) is 0 Å². The molecule has 0 saturated heterocycles. The lowest BCUT2D eigenvalue weighted by Crippen LogP contribution is -2.03. The van der Waals surface area contributed by atoms with Crippen molar-refractivity contribution in [2.24, 2.45) is 0 Å². The van der Waals surface area contributed by atoms with Gasteiger partial charge in [-0.05, 0) is 34.7 Å². The summed E-state index contributed by atoms with van der Waals surface area (Å²) < 4.78 is 1.56. The third-order valence-corrected chi connectivity index (χ3v) is 3.00. The summed E-state index contributed by atoms with van der Waals surface area (Å²) in [4.78, 5) is 8.02. The zero-order valence-electron chi connectivity index (χ0n) is 10.3. The summed E-state index contributed by atoms with van der Waals surface area (Å²) in [6.45, 7) is 0.557. The molecule has 0 saturated carbocycles. The van der Waals surface area contributed by atoms with Crippen LogP contribution in [0.1, 0.15) is 5.69 Å². The lowest BCUT2D eigenvalue weighted by Gasteiger charge is -2.09. The molecule has 0 fully saturated rings. The third kappa shape index (κ3) is 2.72. The Morgan fingerprint density at radius 3 is 2.95 bits per heavy atom. The minimum atomic E-state index is 0.557. The van der Waals surface area contributed by atoms with Crippen molar-refractivity contribution in [3.63, 3.8) is 0 Å². The molecule has 8 heteroatoms. The van der Waals surface area contributed by atoms with E-state index in [1.54, 1.807) is 16.9 Å². The van der Waals surface area contributed by atoms with Crippen LogP contribution in [0.15, 0.2) is 43.1 Å². The second kappa shape index (κ2) is 5.62. The molecule has 0 radical (unpaired) electrons. The fourth-order valence-corrected chi connectivity index (χ4v) is 1.86. The normalized spacial score (nSPS) is 10.4. The molecule has 1 N–H and O–H groups in total. The van der Waals surface area contributed by atoms with Crippen molar-refractivity contribution in [1.29, 1.82) is 0 Å². The average molecular weight is 288 g/mol. The van der Waals surface area contributed by atoms with E-state index in [1.165, 1.54) is 12.7 Å². The number of nitrogens with one attached hydrogen (secondary N) is 1. The fourth-order valence-electron chi connectivity index (χ4n) is 1.68. The zero-order chi connectivity index (χ0) is 13.8. The van der Waals surface area contributed by atoms with Crippen molar-refractivity contribution in [2.45, 2.75) is 6.54 Å². The fraction of sp³-hybridized carbons (Fsp3) is 0.0833. The number of rotatable bonds is 4. The van der Waals surface area contributed by atoms with Gasteiger partial charge in [-0.2, -0.15) is 0 Å². The Morgan fingerprint density at radius 2 is 2.20 bits per heavy atom. The summed E-state index contributed by atoms with van der Waals surface area (Å²) in [7, 11) is 0. The summed E-state index contributed by atoms with van der Waals surface area (Å²) in [5.74, 6) is 0. The van der Waals surface area contributed by atoms with Crippen LogP contribution in [0.3, 0.4) is 0 Å². The third-order valence-electron chi connectivity index (χ3n) is 2.67. The van der Waals surface area contributed by atoms with E-state index in [9.17, 15) is 0 Å². The van der Waals surface area contributed by atoms with Crippen molar-refractivity contribution in [2.75, 3.05) is 5.32 Å². The van der Waals surface area contributed by atoms with Crippen LogP contribution in [-0.2, 0) is 6.54 Å². The molecule has 0 amide bonds. The molecule has 0 bridgehead atoms. The molecular weight excluding hydrogens is 278 g/mol. The average Bonchev–Trinajstić information content (AvgIpc) is 3.02. The maximum absolute atomic E-state index is 6.17. The SMILES string of the molecule is Clc1ccc(-n2cnnn2)cc1NCc1ccncn1. The molecule has 7 nitrogen and oxygen atoms in total. The summed E-state index contributed by atoms with van der Waals surface area (Å²) in [6.07, 6.45) is 4.73. The lowest BCUT2D eigenvalue weighted by molar-refractivity contribution is 0.789. The van der Waals surface area contributed by atoms with Crippen LogP contribution in [-0.4, -0.2) is 30.2 Å². The van der Waals surface area contributed by atoms with Crippen LogP contribution in [0.5, 0.6) is 0 Å². The van der Waals surface area contributed by atoms with Gasteiger partial charge in [-0.25, -0.2) is 14.6 Å². The van der Waals surface area contributed by atoms with Gasteiger partial charge >= 0.3 is 0 Å². The van der Waals surface area contributed by atoms with Gasteiger partial charge in [0.1, 0.15) is 12.7 Å². The van der Waals surface area contributed by atoms with E-state index in [0.717, 1.165) is 17.1 Å². The highest BCUT2D eigenvalue weighted by molar-refractivity contribution is 6.33. The van der Waals surface area contributed by atoms with Crippen LogP contribution in [0.2, 0.25) is 5.02 Å². The van der Waals surface area contributed by atoms with E-state index in [0.29, 0.717) is 11.6 Å². The van der Waals surface area contributed by atoms with Crippen LogP contribution in [0.4, 0.5) is 5.69 Å². The first kappa shape index (κ1) is 12.5. The van der Waals surface area contributed by atoms with Crippen molar-refractivity contribution in [1.82, 2.24) is 30.2 Å². The molecule has 1 aromatic carbocycles. The summed E-state index contributed by atoms with van der Waals surface area (Å²) in [5.41, 5.74) is 2.49. The summed E-state index contributed by atoms with van der Waals surface area (Å²) in [5, 5.41) is 14.9. The highest BCUT2D eigenvalue weighted by Crippen LogP contribution is 2.24. The lowest BCUT2D eigenvalue weighted by atomic mass is 10.2. The van der Waals surface area contributed by atoms with Gasteiger partial charge in [-0.3, -0.25) is 0 Å². The molecule has 0 unspecified atom stereocenters. The van der Waals surface area contributed by atoms with Gasteiger partial charge in [0.05, 0.1) is 28.6 Å². The molecule has 0 atom stereocenters. The number of anilines is 1. The first-order valence-corrected chi connectivity index (χ1v) is 6.22. The minimum absolute atomic E-state index is 0.557. The zero-order valence-corrected chi connectivity index (χ0v) is 11.1. The predicted molar refractivity (Wildman–Crippen MR) is 73.5 cm³/mol. The van der Waals surface area contributed by atoms with E-state index < -0.39 is 0 Å². The number of aromatic nitrogens is 6. The molecule has 0 spiro atoms. The Kier molecular flexibility index (Phi) is 3.51. The second-order valence-electron chi connectivity index (χ2n) is 3.97. The maximum Gasteiger partial charge on any atom is 0.143 e. The van der Waals surface area contributed by atoms with E-state index in [1.807, 2.05) is 18.2 Å². The first-order chi connectivity index (χ1) is 9.83. The second-order valence-corrected chi connectivity index (χ2v) is 4.38. The highest BCUT2D eigenvalue weighted by Gasteiger charge is 2.05. The van der Waals surface area contributed by atoms with Gasteiger partial charge in [0.25, 0.3) is 0 Å². The molecule has 3 aromatic rings. The Labute approximate surface area is 119 Å². The minimum Gasteiger partial charge on any atom is -0.378 e. The van der Waals surface area contributed by atoms with Gasteiger partial charge in [0, 0.05) is 6.20 Å². The number of hydrogen-bond donors (Lipinski definition) is 1. The van der Waals surface area contributed by atoms with Crippen molar-refractivity contribution >= 4 is 17.3 Å². The van der Waals surface area contributed by atoms with Crippen LogP contribution in [0.25, 0.3) is 5.69 Å². The summed E-state index contributed by atoms with van der Waals surface area (Å²) >= 11 is 6.17. The van der Waals surface area contributed by atoms with Crippen molar-refractivity contribution < 1.29 is 0 Å². The smallest absolute Gasteiger partial charge is 0.143 e. The molecule has 100 valence electrons. The number of benzene rings is 1. The molecule has 0 aliphatic rings. The Morgan fingerprint density at radius 1 is 1.25 bits per heavy atom. The van der Waals surface area contributed by atoms with Crippen LogP contribution in [0, 0.1) is 0 Å². The number of halogens is 1. The molecule has 2 aromatic heterocycles. The molecule has 0 aliphatic carbocycles. The molecule has 3 rings (SSSR count). The topological polar surface area (TPSA) is 81.4 Å². The van der Waals surface area contributed by atoms with E-state index >= 15 is 0 Å². The first-order valence-electron chi connectivity index (χ1n) is 5.84. The number of nitrogens with zero attached hydrogens (tertiary/aromatic N) is 6. The summed E-state index contributed by atoms with van der Waals surface area (Å²) in [6, 6.07) is 7.35. The van der Waals surface area contributed by atoms with E-state index in [4.69, 9.17) is 11.6 Å². The van der Waals surface area contributed by atoms with Crippen molar-refractivity contribution in [3.8, 4) is 5.69 Å². The van der Waals surface area contributed by atoms with E-state index in [2.05, 4.69) is 30.8 Å². The van der Waals surface area contributed by atoms with Gasteiger partial charge in [0.15, 0.2) is 0 Å². The highest BCUT2D eigenvalue weighted by atomic mass is 35.5. The molecule has 20 heavy (non-hydrogen) atoms. The number of hydrogen-bond acceptors (Lipinski definition) is 6. The van der Waals surface area contributed by atoms with Gasteiger partial charge < -0.3 is 5.32 Å². The predicted octanol–water partition coefficient (Wildman–Crippen LogP) is 1.72. The molecule has 0 aliphatic heterocycles. The molecule has 2 heterocycles. The maximum atomic E-state index is 6.17. The van der Waals surface area contributed by atoms with Gasteiger partial charge in [-0.15, -0.1) is 5.10 Å². The Balaban J connectivity index is 1.80. The molecular formula is C12H10ClN7. The Hall–Kier alpha value is -2.54. The largest absolute Gasteiger partial charge is 0.378 e. The van der Waals surface area contributed by atoms with Crippen LogP contribution < -0.4 is 5.32 Å². The van der Waals surface area contributed by atoms with Gasteiger partial charge in [0.2, 0.25) is 0 Å². The standard InChI is InChI=1S/C12H10ClN7/c13-11-2-1-10(20-8-17-18-19-20)5-12(11)15-6-9-3-4-14-7-16-9/h1-5,7-8,15H,6H2. The van der Waals surface area contributed by atoms with Crippen LogP contribution >= 0.6 is 11.6 Å². The number of tetrazole rings is 1. The van der Waals surface area contributed by atoms with Gasteiger partial charge in [-0.1, -0.05) is 11.6 Å². The monoisotopic (exact) mass is 287 g/mol. The van der Waals surface area contributed by atoms with Crippen molar-refractivity contribution in [3.05, 3.63) is 53.8 Å². The Bertz CT molecular complexity index is 684.